The van der Waals surface area contributed by atoms with E-state index in [4.69, 9.17) is 4.74 Å². The molecule has 1 rings (SSSR count). The average Bonchev–Trinajstić information content (AvgIpc) is 2.70. The molecular weight excluding hydrogens is 228 g/mol. The van der Waals surface area contributed by atoms with Gasteiger partial charge in [-0.1, -0.05) is 27.2 Å². The summed E-state index contributed by atoms with van der Waals surface area (Å²) in [7, 11) is 0. The van der Waals surface area contributed by atoms with Crippen molar-refractivity contribution in [3.8, 4) is 0 Å². The molecule has 18 heavy (non-hydrogen) atoms. The largest absolute Gasteiger partial charge is 0.454 e. The first-order valence-corrected chi connectivity index (χ1v) is 6.72. The Kier molecular flexibility index (Phi) is 5.89. The van der Waals surface area contributed by atoms with Gasteiger partial charge in [0.15, 0.2) is 6.10 Å². The zero-order valence-corrected chi connectivity index (χ0v) is 11.8. The van der Waals surface area contributed by atoms with E-state index in [1.54, 1.807) is 6.20 Å². The number of ether oxygens (including phenoxy) is 1. The zero-order chi connectivity index (χ0) is 13.5. The summed E-state index contributed by atoms with van der Waals surface area (Å²) in [6.07, 6.45) is 6.48. The lowest BCUT2D eigenvalue weighted by Crippen LogP contribution is -2.16. The number of unbranched alkanes of at least 4 members (excludes halogenated alkanes) is 1. The second-order valence-corrected chi connectivity index (χ2v) is 5.07. The molecule has 0 N–H and O–H groups in total. The highest BCUT2D eigenvalue weighted by Gasteiger charge is 2.19. The fourth-order valence-corrected chi connectivity index (χ4v) is 1.99. The highest BCUT2D eigenvalue weighted by atomic mass is 16.5. The molecule has 1 unspecified atom stereocenters. The molecule has 1 aromatic heterocycles. The first-order valence-electron chi connectivity index (χ1n) is 6.72. The highest BCUT2D eigenvalue weighted by molar-refractivity contribution is 5.66. The molecule has 102 valence electrons. The van der Waals surface area contributed by atoms with Crippen LogP contribution in [0.4, 0.5) is 0 Å². The van der Waals surface area contributed by atoms with Gasteiger partial charge in [0.1, 0.15) is 5.82 Å². The molecule has 4 heteroatoms. The Bertz CT molecular complexity index is 372. The molecule has 0 aromatic carbocycles. The third-order valence-electron chi connectivity index (χ3n) is 2.73. The molecule has 0 fully saturated rings. The molecule has 0 radical (unpaired) electrons. The van der Waals surface area contributed by atoms with E-state index < -0.39 is 0 Å². The molecule has 0 spiro atoms. The van der Waals surface area contributed by atoms with E-state index in [-0.39, 0.29) is 12.1 Å². The van der Waals surface area contributed by atoms with Crippen LogP contribution in [0.2, 0.25) is 0 Å². The third kappa shape index (κ3) is 4.51. The van der Waals surface area contributed by atoms with Crippen LogP contribution in [0.3, 0.4) is 0 Å². The summed E-state index contributed by atoms with van der Waals surface area (Å²) in [6.45, 7) is 8.81. The monoisotopic (exact) mass is 252 g/mol. The van der Waals surface area contributed by atoms with Crippen molar-refractivity contribution in [2.75, 3.05) is 0 Å². The minimum atomic E-state index is -0.241. The molecule has 1 heterocycles. The van der Waals surface area contributed by atoms with E-state index in [9.17, 15) is 4.79 Å². The van der Waals surface area contributed by atoms with E-state index in [0.29, 0.717) is 5.92 Å². The van der Waals surface area contributed by atoms with Crippen LogP contribution >= 0.6 is 0 Å². The Labute approximate surface area is 109 Å². The summed E-state index contributed by atoms with van der Waals surface area (Å²) in [5.41, 5.74) is 0. The maximum atomic E-state index is 11.2. The van der Waals surface area contributed by atoms with Gasteiger partial charge in [0.25, 0.3) is 0 Å². The van der Waals surface area contributed by atoms with Gasteiger partial charge in [-0.3, -0.25) is 4.79 Å². The topological polar surface area (TPSA) is 44.1 Å². The van der Waals surface area contributed by atoms with Gasteiger partial charge in [0.2, 0.25) is 0 Å². The molecule has 4 nitrogen and oxygen atoms in total. The first-order chi connectivity index (χ1) is 8.54. The van der Waals surface area contributed by atoms with Gasteiger partial charge in [-0.15, -0.1) is 0 Å². The number of aromatic nitrogens is 2. The van der Waals surface area contributed by atoms with Gasteiger partial charge in [-0.05, 0) is 18.8 Å². The molecular formula is C14H24N2O2. The molecule has 0 saturated carbocycles. The quantitative estimate of drug-likeness (QED) is 0.699. The maximum absolute atomic E-state index is 11.2. The van der Waals surface area contributed by atoms with Crippen LogP contribution in [0, 0.1) is 5.92 Å². The van der Waals surface area contributed by atoms with Crippen molar-refractivity contribution >= 4 is 5.97 Å². The van der Waals surface area contributed by atoms with Crippen LogP contribution in [-0.4, -0.2) is 15.5 Å². The van der Waals surface area contributed by atoms with Crippen LogP contribution in [0.1, 0.15) is 58.9 Å². The van der Waals surface area contributed by atoms with Crippen molar-refractivity contribution in [2.24, 2.45) is 5.92 Å². The second kappa shape index (κ2) is 7.19. The minimum absolute atomic E-state index is 0.212. The van der Waals surface area contributed by atoms with E-state index in [1.165, 1.54) is 6.92 Å². The number of esters is 1. The summed E-state index contributed by atoms with van der Waals surface area (Å²) in [6, 6.07) is 0. The van der Waals surface area contributed by atoms with Crippen LogP contribution in [0.5, 0.6) is 0 Å². The van der Waals surface area contributed by atoms with E-state index in [0.717, 1.165) is 31.6 Å². The number of carbonyl (C=O) groups is 1. The number of hydrogen-bond donors (Lipinski definition) is 0. The second-order valence-electron chi connectivity index (χ2n) is 5.07. The predicted molar refractivity (Wildman–Crippen MR) is 71.1 cm³/mol. The third-order valence-corrected chi connectivity index (χ3v) is 2.73. The number of hydrogen-bond acceptors (Lipinski definition) is 3. The Morgan fingerprint density at radius 1 is 1.50 bits per heavy atom. The zero-order valence-electron chi connectivity index (χ0n) is 11.8. The van der Waals surface area contributed by atoms with Gasteiger partial charge in [0.05, 0.1) is 0 Å². The molecule has 0 aliphatic heterocycles. The average molecular weight is 252 g/mol. The standard InChI is InChI=1S/C14H24N2O2/c1-5-6-7-13(18-12(4)17)14-15-8-9-16(14)10-11(2)3/h8-9,11,13H,5-7,10H2,1-4H3. The normalized spacial score (nSPS) is 12.7. The number of nitrogens with zero attached hydrogens (tertiary/aromatic N) is 2. The SMILES string of the molecule is CCCCC(OC(C)=O)c1nccn1CC(C)C. The molecule has 0 aliphatic carbocycles. The summed E-state index contributed by atoms with van der Waals surface area (Å²) in [5, 5.41) is 0. The van der Waals surface area contributed by atoms with Crippen LogP contribution in [0.15, 0.2) is 12.4 Å². The van der Waals surface area contributed by atoms with Gasteiger partial charge >= 0.3 is 5.97 Å². The number of rotatable bonds is 7. The smallest absolute Gasteiger partial charge is 0.303 e. The Balaban J connectivity index is 2.82. The molecule has 0 bridgehead atoms. The Morgan fingerprint density at radius 2 is 2.22 bits per heavy atom. The van der Waals surface area contributed by atoms with Gasteiger partial charge in [-0.25, -0.2) is 4.98 Å². The highest BCUT2D eigenvalue weighted by Crippen LogP contribution is 2.23. The summed E-state index contributed by atoms with van der Waals surface area (Å²) < 4.78 is 7.49. The lowest BCUT2D eigenvalue weighted by Gasteiger charge is -2.19. The predicted octanol–water partition coefficient (Wildman–Crippen LogP) is 3.33. The molecule has 0 aliphatic rings. The fourth-order valence-electron chi connectivity index (χ4n) is 1.99. The maximum Gasteiger partial charge on any atom is 0.303 e. The Hall–Kier alpha value is -1.32. The van der Waals surface area contributed by atoms with Gasteiger partial charge in [0, 0.05) is 25.9 Å². The van der Waals surface area contributed by atoms with E-state index in [1.807, 2.05) is 6.20 Å². The van der Waals surface area contributed by atoms with Gasteiger partial charge in [-0.2, -0.15) is 0 Å². The molecule has 0 amide bonds. The van der Waals surface area contributed by atoms with Crippen LogP contribution < -0.4 is 0 Å². The summed E-state index contributed by atoms with van der Waals surface area (Å²) in [4.78, 5) is 15.5. The van der Waals surface area contributed by atoms with Crippen molar-refractivity contribution in [1.29, 1.82) is 0 Å². The lowest BCUT2D eigenvalue weighted by molar-refractivity contribution is -0.147. The Morgan fingerprint density at radius 3 is 2.78 bits per heavy atom. The number of carbonyl (C=O) groups excluding carboxylic acids is 1. The lowest BCUT2D eigenvalue weighted by atomic mass is 10.1. The van der Waals surface area contributed by atoms with Crippen LogP contribution in [-0.2, 0) is 16.1 Å². The fraction of sp³-hybridized carbons (Fsp3) is 0.714. The van der Waals surface area contributed by atoms with Crippen molar-refractivity contribution in [1.82, 2.24) is 9.55 Å². The van der Waals surface area contributed by atoms with Gasteiger partial charge < -0.3 is 9.30 Å². The summed E-state index contributed by atoms with van der Waals surface area (Å²) >= 11 is 0. The van der Waals surface area contributed by atoms with Crippen molar-refractivity contribution < 1.29 is 9.53 Å². The van der Waals surface area contributed by atoms with Crippen LogP contribution in [0.25, 0.3) is 0 Å². The van der Waals surface area contributed by atoms with Crippen molar-refractivity contribution in [3.05, 3.63) is 18.2 Å². The molecule has 1 atom stereocenters. The van der Waals surface area contributed by atoms with Crippen molar-refractivity contribution in [3.63, 3.8) is 0 Å². The molecule has 0 saturated heterocycles. The van der Waals surface area contributed by atoms with E-state index in [2.05, 4.69) is 30.3 Å². The molecule has 1 aromatic rings. The minimum Gasteiger partial charge on any atom is -0.454 e. The first kappa shape index (κ1) is 14.7. The van der Waals surface area contributed by atoms with E-state index >= 15 is 0 Å². The summed E-state index contributed by atoms with van der Waals surface area (Å²) in [5.74, 6) is 1.17. The van der Waals surface area contributed by atoms with Crippen molar-refractivity contribution in [2.45, 2.75) is 59.6 Å². The number of imidazole rings is 1.